The number of hydrogen-bond acceptors (Lipinski definition) is 6. The molecule has 23 heavy (non-hydrogen) atoms. The summed E-state index contributed by atoms with van der Waals surface area (Å²) in [6.07, 6.45) is 1.92. The zero-order chi connectivity index (χ0) is 16.4. The molecule has 3 aromatic rings. The molecule has 0 saturated carbocycles. The van der Waals surface area contributed by atoms with Gasteiger partial charge < -0.3 is 14.8 Å². The summed E-state index contributed by atoms with van der Waals surface area (Å²) in [5.41, 5.74) is 1.83. The second kappa shape index (κ2) is 6.45. The molecule has 122 valence electrons. The van der Waals surface area contributed by atoms with E-state index in [1.54, 1.807) is 30.1 Å². The molecule has 0 spiro atoms. The lowest BCUT2D eigenvalue weighted by Gasteiger charge is -2.08. The zero-order valence-electron chi connectivity index (χ0n) is 13.7. The summed E-state index contributed by atoms with van der Waals surface area (Å²) in [6, 6.07) is 5.76. The van der Waals surface area contributed by atoms with E-state index in [4.69, 9.17) is 9.47 Å². The Bertz CT molecular complexity index is 778. The number of aromatic nitrogens is 3. The van der Waals surface area contributed by atoms with Crippen LogP contribution in [0.4, 0.5) is 5.13 Å². The fraction of sp³-hybridized carbons (Fsp3) is 0.375. The third kappa shape index (κ3) is 3.24. The summed E-state index contributed by atoms with van der Waals surface area (Å²) in [4.78, 5) is 5.51. The van der Waals surface area contributed by atoms with Crippen molar-refractivity contribution in [1.82, 2.24) is 14.6 Å². The number of nitrogens with zero attached hydrogens (tertiary/aromatic N) is 3. The first-order valence-corrected chi connectivity index (χ1v) is 8.25. The van der Waals surface area contributed by atoms with E-state index in [1.807, 2.05) is 24.4 Å². The van der Waals surface area contributed by atoms with Gasteiger partial charge in [0.2, 0.25) is 10.1 Å². The summed E-state index contributed by atoms with van der Waals surface area (Å²) in [5.74, 6) is 1.97. The normalized spacial score (nSPS) is 11.2. The molecular weight excluding hydrogens is 312 g/mol. The molecule has 0 atom stereocenters. The second-order valence-corrected chi connectivity index (χ2v) is 6.56. The first kappa shape index (κ1) is 15.6. The molecule has 6 nitrogen and oxygen atoms in total. The van der Waals surface area contributed by atoms with Crippen LogP contribution >= 0.6 is 11.3 Å². The van der Waals surface area contributed by atoms with Gasteiger partial charge in [0.1, 0.15) is 0 Å². The van der Waals surface area contributed by atoms with Crippen LogP contribution in [-0.2, 0) is 0 Å². The van der Waals surface area contributed by atoms with Crippen LogP contribution in [0.1, 0.15) is 13.8 Å². The number of anilines is 1. The lowest BCUT2D eigenvalue weighted by molar-refractivity contribution is 0.355. The summed E-state index contributed by atoms with van der Waals surface area (Å²) < 4.78 is 12.4. The average Bonchev–Trinajstić information content (AvgIpc) is 3.10. The summed E-state index contributed by atoms with van der Waals surface area (Å²) >= 11 is 1.55. The summed E-state index contributed by atoms with van der Waals surface area (Å²) in [5, 5.41) is 8.72. The standard InChI is InChI=1S/C16H20N4O2S/c1-10(2)8-17-15-19-20-9-12(18-16(20)23-15)11-5-6-13(21-3)14(7-11)22-4/h5-7,9-10H,8H2,1-4H3,(H,17,19). The number of imidazole rings is 1. The van der Waals surface area contributed by atoms with Crippen molar-refractivity contribution >= 4 is 21.4 Å². The molecule has 7 heteroatoms. The minimum absolute atomic E-state index is 0.577. The van der Waals surface area contributed by atoms with Gasteiger partial charge in [0.05, 0.1) is 26.1 Å². The third-order valence-corrected chi connectivity index (χ3v) is 4.26. The predicted molar refractivity (Wildman–Crippen MR) is 92.7 cm³/mol. The number of nitrogens with one attached hydrogen (secondary N) is 1. The van der Waals surface area contributed by atoms with Crippen molar-refractivity contribution in [2.45, 2.75) is 13.8 Å². The Morgan fingerprint density at radius 2 is 2.00 bits per heavy atom. The first-order valence-electron chi connectivity index (χ1n) is 7.43. The van der Waals surface area contributed by atoms with E-state index in [9.17, 15) is 0 Å². The minimum Gasteiger partial charge on any atom is -0.493 e. The van der Waals surface area contributed by atoms with Crippen LogP contribution in [0.25, 0.3) is 16.2 Å². The Morgan fingerprint density at radius 1 is 1.22 bits per heavy atom. The topological polar surface area (TPSA) is 60.7 Å². The van der Waals surface area contributed by atoms with E-state index in [2.05, 4.69) is 29.2 Å². The Labute approximate surface area is 139 Å². The van der Waals surface area contributed by atoms with E-state index in [1.165, 1.54) is 0 Å². The van der Waals surface area contributed by atoms with Crippen LogP contribution in [0.2, 0.25) is 0 Å². The molecule has 2 aromatic heterocycles. The van der Waals surface area contributed by atoms with Crippen LogP contribution < -0.4 is 14.8 Å². The first-order chi connectivity index (χ1) is 11.1. The fourth-order valence-electron chi connectivity index (χ4n) is 2.20. The van der Waals surface area contributed by atoms with Gasteiger partial charge in [0.25, 0.3) is 0 Å². The van der Waals surface area contributed by atoms with Crippen LogP contribution in [0.5, 0.6) is 11.5 Å². The Morgan fingerprint density at radius 3 is 2.65 bits per heavy atom. The van der Waals surface area contributed by atoms with Crippen LogP contribution in [0.3, 0.4) is 0 Å². The average molecular weight is 332 g/mol. The maximum Gasteiger partial charge on any atom is 0.214 e. The molecule has 3 rings (SSSR count). The zero-order valence-corrected chi connectivity index (χ0v) is 14.5. The molecule has 0 aliphatic carbocycles. The number of fused-ring (bicyclic) bond motifs is 1. The van der Waals surface area contributed by atoms with E-state index < -0.39 is 0 Å². The van der Waals surface area contributed by atoms with Crippen molar-refractivity contribution in [1.29, 1.82) is 0 Å². The number of ether oxygens (including phenoxy) is 2. The van der Waals surface area contributed by atoms with Gasteiger partial charge in [-0.2, -0.15) is 0 Å². The monoisotopic (exact) mass is 332 g/mol. The van der Waals surface area contributed by atoms with Gasteiger partial charge >= 0.3 is 0 Å². The Balaban J connectivity index is 1.87. The smallest absolute Gasteiger partial charge is 0.214 e. The SMILES string of the molecule is COc1ccc(-c2cn3nc(NCC(C)C)sc3n2)cc1OC. The highest BCUT2D eigenvalue weighted by Crippen LogP contribution is 2.32. The molecule has 0 saturated heterocycles. The largest absolute Gasteiger partial charge is 0.493 e. The number of benzene rings is 1. The van der Waals surface area contributed by atoms with Crippen LogP contribution in [0, 0.1) is 5.92 Å². The molecule has 1 N–H and O–H groups in total. The number of hydrogen-bond donors (Lipinski definition) is 1. The van der Waals surface area contributed by atoms with Crippen LogP contribution in [-0.4, -0.2) is 35.4 Å². The van der Waals surface area contributed by atoms with E-state index >= 15 is 0 Å². The van der Waals surface area contributed by atoms with Crippen LogP contribution in [0.15, 0.2) is 24.4 Å². The van der Waals surface area contributed by atoms with Gasteiger partial charge in [-0.1, -0.05) is 25.2 Å². The third-order valence-electron chi connectivity index (χ3n) is 3.38. The van der Waals surface area contributed by atoms with E-state index in [-0.39, 0.29) is 0 Å². The fourth-order valence-corrected chi connectivity index (χ4v) is 2.99. The Hall–Kier alpha value is -2.28. The van der Waals surface area contributed by atoms with Gasteiger partial charge in [-0.15, -0.1) is 5.10 Å². The highest BCUT2D eigenvalue weighted by atomic mass is 32.1. The summed E-state index contributed by atoms with van der Waals surface area (Å²) in [6.45, 7) is 5.24. The maximum atomic E-state index is 5.34. The quantitative estimate of drug-likeness (QED) is 0.748. The second-order valence-electron chi connectivity index (χ2n) is 5.61. The van der Waals surface area contributed by atoms with E-state index in [0.717, 1.165) is 27.9 Å². The molecule has 0 radical (unpaired) electrons. The van der Waals surface area contributed by atoms with Gasteiger partial charge in [-0.3, -0.25) is 0 Å². The van der Waals surface area contributed by atoms with Gasteiger partial charge in [-0.05, 0) is 24.1 Å². The lowest BCUT2D eigenvalue weighted by atomic mass is 10.1. The van der Waals surface area contributed by atoms with Crippen molar-refractivity contribution in [2.75, 3.05) is 26.1 Å². The lowest BCUT2D eigenvalue weighted by Crippen LogP contribution is -2.07. The minimum atomic E-state index is 0.577. The molecule has 1 aromatic carbocycles. The molecule has 0 fully saturated rings. The van der Waals surface area contributed by atoms with Crippen molar-refractivity contribution in [2.24, 2.45) is 5.92 Å². The number of methoxy groups -OCH3 is 2. The van der Waals surface area contributed by atoms with Crippen molar-refractivity contribution in [3.05, 3.63) is 24.4 Å². The molecule has 0 aliphatic rings. The Kier molecular flexibility index (Phi) is 4.38. The molecule has 0 aliphatic heterocycles. The predicted octanol–water partition coefficient (Wildman–Crippen LogP) is 3.54. The van der Waals surface area contributed by atoms with Gasteiger partial charge in [0, 0.05) is 12.1 Å². The molecule has 0 unspecified atom stereocenters. The highest BCUT2D eigenvalue weighted by Gasteiger charge is 2.12. The summed E-state index contributed by atoms with van der Waals surface area (Å²) in [7, 11) is 3.25. The highest BCUT2D eigenvalue weighted by molar-refractivity contribution is 7.20. The van der Waals surface area contributed by atoms with Gasteiger partial charge in [0.15, 0.2) is 11.5 Å². The molecule has 0 bridgehead atoms. The van der Waals surface area contributed by atoms with Crippen molar-refractivity contribution in [3.8, 4) is 22.8 Å². The number of rotatable bonds is 6. The van der Waals surface area contributed by atoms with E-state index in [0.29, 0.717) is 17.4 Å². The van der Waals surface area contributed by atoms with Crippen molar-refractivity contribution < 1.29 is 9.47 Å². The molecule has 0 amide bonds. The van der Waals surface area contributed by atoms with Crippen molar-refractivity contribution in [3.63, 3.8) is 0 Å². The maximum absolute atomic E-state index is 5.34. The molecule has 2 heterocycles. The molecular formula is C16H20N4O2S. The van der Waals surface area contributed by atoms with Gasteiger partial charge in [-0.25, -0.2) is 9.50 Å².